The fraction of sp³-hybridized carbons (Fsp3) is 0.455. The van der Waals surface area contributed by atoms with Gasteiger partial charge in [-0.25, -0.2) is 4.20 Å². The van der Waals surface area contributed by atoms with Crippen molar-refractivity contribution < 1.29 is 4.20 Å². The predicted octanol–water partition coefficient (Wildman–Crippen LogP) is 3.86. The Labute approximate surface area is 81.0 Å². The zero-order chi connectivity index (χ0) is 9.68. The Balaban J connectivity index is 2.41. The second kappa shape index (κ2) is 5.34. The predicted molar refractivity (Wildman–Crippen MR) is 58.1 cm³/mol. The minimum absolute atomic E-state index is 0.462. The Morgan fingerprint density at radius 1 is 1.31 bits per heavy atom. The minimum atomic E-state index is -1.24. The molecule has 0 radical (unpaired) electrons. The van der Waals surface area contributed by atoms with E-state index in [1.54, 1.807) is 6.66 Å². The molecule has 0 aliphatic carbocycles. The summed E-state index contributed by atoms with van der Waals surface area (Å²) in [5.41, 5.74) is 1.31. The van der Waals surface area contributed by atoms with Crippen LogP contribution in [0.2, 0.25) is 0 Å². The van der Waals surface area contributed by atoms with Crippen LogP contribution >= 0.6 is 8.23 Å². The van der Waals surface area contributed by atoms with Gasteiger partial charge in [-0.2, -0.15) is 0 Å². The number of hydrogen-bond donors (Lipinski definition) is 0. The van der Waals surface area contributed by atoms with Crippen LogP contribution in [0.5, 0.6) is 0 Å². The SMILES string of the molecule is CC(Cc1ccccc1)CP(C)F. The van der Waals surface area contributed by atoms with Gasteiger partial charge in [0.2, 0.25) is 0 Å². The molecule has 0 aliphatic rings. The number of benzene rings is 1. The Bertz CT molecular complexity index is 233. The van der Waals surface area contributed by atoms with E-state index in [0.717, 1.165) is 12.6 Å². The van der Waals surface area contributed by atoms with Crippen molar-refractivity contribution in [1.82, 2.24) is 0 Å². The minimum Gasteiger partial charge on any atom is -0.227 e. The first-order valence-electron chi connectivity index (χ1n) is 4.59. The van der Waals surface area contributed by atoms with E-state index in [1.165, 1.54) is 5.56 Å². The maximum absolute atomic E-state index is 12.7. The van der Waals surface area contributed by atoms with E-state index in [1.807, 2.05) is 18.2 Å². The van der Waals surface area contributed by atoms with Gasteiger partial charge in [-0.15, -0.1) is 0 Å². The molecule has 2 heteroatoms. The summed E-state index contributed by atoms with van der Waals surface area (Å²) in [5.74, 6) is 0.462. The zero-order valence-corrected chi connectivity index (χ0v) is 9.10. The molecule has 0 aromatic heterocycles. The molecule has 0 spiro atoms. The van der Waals surface area contributed by atoms with Crippen LogP contribution in [0.1, 0.15) is 12.5 Å². The summed E-state index contributed by atoms with van der Waals surface area (Å²) < 4.78 is 12.7. The van der Waals surface area contributed by atoms with E-state index in [9.17, 15) is 4.20 Å². The number of halogens is 1. The van der Waals surface area contributed by atoms with Crippen LogP contribution in [-0.2, 0) is 6.42 Å². The lowest BCUT2D eigenvalue weighted by Gasteiger charge is -2.11. The molecule has 0 nitrogen and oxygen atoms in total. The summed E-state index contributed by atoms with van der Waals surface area (Å²) in [6.07, 6.45) is 1.72. The molecule has 0 saturated heterocycles. The largest absolute Gasteiger partial charge is 0.227 e. The monoisotopic (exact) mass is 198 g/mol. The molecule has 0 bridgehead atoms. The van der Waals surface area contributed by atoms with Gasteiger partial charge in [-0.1, -0.05) is 37.3 Å². The van der Waals surface area contributed by atoms with Crippen LogP contribution in [-0.4, -0.2) is 12.8 Å². The Hall–Kier alpha value is -0.420. The van der Waals surface area contributed by atoms with Gasteiger partial charge in [-0.3, -0.25) is 0 Å². The molecular weight excluding hydrogens is 182 g/mol. The second-order valence-electron chi connectivity index (χ2n) is 3.58. The van der Waals surface area contributed by atoms with Crippen molar-refractivity contribution in [3.8, 4) is 0 Å². The third-order valence-corrected chi connectivity index (χ3v) is 3.12. The van der Waals surface area contributed by atoms with Crippen LogP contribution in [0.15, 0.2) is 30.3 Å². The molecule has 72 valence electrons. The van der Waals surface area contributed by atoms with Gasteiger partial charge < -0.3 is 0 Å². The van der Waals surface area contributed by atoms with E-state index in [-0.39, 0.29) is 0 Å². The molecule has 2 atom stereocenters. The Morgan fingerprint density at radius 2 is 1.92 bits per heavy atom. The lowest BCUT2D eigenvalue weighted by Crippen LogP contribution is -2.02. The molecule has 0 N–H and O–H groups in total. The van der Waals surface area contributed by atoms with Crippen molar-refractivity contribution in [2.45, 2.75) is 13.3 Å². The quantitative estimate of drug-likeness (QED) is 0.644. The first kappa shape index (κ1) is 10.7. The Kier molecular flexibility index (Phi) is 4.38. The first-order chi connectivity index (χ1) is 6.18. The summed E-state index contributed by atoms with van der Waals surface area (Å²) >= 11 is 0. The van der Waals surface area contributed by atoms with Crippen LogP contribution in [0.4, 0.5) is 4.20 Å². The van der Waals surface area contributed by atoms with Crippen molar-refractivity contribution >= 4 is 8.23 Å². The van der Waals surface area contributed by atoms with Crippen molar-refractivity contribution in [2.24, 2.45) is 5.92 Å². The maximum atomic E-state index is 12.7. The second-order valence-corrected chi connectivity index (χ2v) is 5.16. The summed E-state index contributed by atoms with van der Waals surface area (Å²) in [4.78, 5) is 0. The third-order valence-electron chi connectivity index (χ3n) is 1.99. The van der Waals surface area contributed by atoms with Gasteiger partial charge in [0, 0.05) is 0 Å². The van der Waals surface area contributed by atoms with Gasteiger partial charge in [0.15, 0.2) is 0 Å². The van der Waals surface area contributed by atoms with E-state index in [0.29, 0.717) is 5.92 Å². The molecule has 1 aromatic carbocycles. The van der Waals surface area contributed by atoms with Gasteiger partial charge in [-0.05, 0) is 30.7 Å². The van der Waals surface area contributed by atoms with Crippen molar-refractivity contribution in [2.75, 3.05) is 12.8 Å². The highest BCUT2D eigenvalue weighted by Gasteiger charge is 2.07. The molecule has 13 heavy (non-hydrogen) atoms. The summed E-state index contributed by atoms with van der Waals surface area (Å²) in [7, 11) is -1.24. The first-order valence-corrected chi connectivity index (χ1v) is 6.46. The molecule has 0 amide bonds. The van der Waals surface area contributed by atoms with Crippen molar-refractivity contribution in [1.29, 1.82) is 0 Å². The fourth-order valence-corrected chi connectivity index (χ4v) is 2.50. The van der Waals surface area contributed by atoms with Gasteiger partial charge in [0.25, 0.3) is 0 Å². The summed E-state index contributed by atoms with van der Waals surface area (Å²) in [6, 6.07) is 10.3. The van der Waals surface area contributed by atoms with Gasteiger partial charge in [0.1, 0.15) is 0 Å². The fourth-order valence-electron chi connectivity index (χ4n) is 1.51. The van der Waals surface area contributed by atoms with Crippen LogP contribution in [0.3, 0.4) is 0 Å². The van der Waals surface area contributed by atoms with E-state index in [4.69, 9.17) is 0 Å². The van der Waals surface area contributed by atoms with Gasteiger partial charge in [0.05, 0.1) is 8.23 Å². The lowest BCUT2D eigenvalue weighted by molar-refractivity contribution is 0.644. The lowest BCUT2D eigenvalue weighted by atomic mass is 10.0. The van der Waals surface area contributed by atoms with Gasteiger partial charge >= 0.3 is 0 Å². The molecule has 1 aromatic rings. The smallest absolute Gasteiger partial charge is 0.0784 e. The number of hydrogen-bond acceptors (Lipinski definition) is 0. The third kappa shape index (κ3) is 4.38. The molecule has 0 aliphatic heterocycles. The van der Waals surface area contributed by atoms with E-state index in [2.05, 4.69) is 19.1 Å². The molecule has 0 fully saturated rings. The normalized spacial score (nSPS) is 15.3. The van der Waals surface area contributed by atoms with E-state index >= 15 is 0 Å². The molecule has 0 heterocycles. The Morgan fingerprint density at radius 3 is 2.46 bits per heavy atom. The topological polar surface area (TPSA) is 0 Å². The molecular formula is C11H16FP. The summed E-state index contributed by atoms with van der Waals surface area (Å²) in [6.45, 7) is 3.81. The molecule has 1 rings (SSSR count). The van der Waals surface area contributed by atoms with E-state index < -0.39 is 8.23 Å². The standard InChI is InChI=1S/C11H16FP/c1-10(9-13(2)12)8-11-6-4-3-5-7-11/h3-7,10H,8-9H2,1-2H3. The highest BCUT2D eigenvalue weighted by Crippen LogP contribution is 2.34. The van der Waals surface area contributed by atoms with Crippen molar-refractivity contribution in [3.05, 3.63) is 35.9 Å². The molecule has 0 saturated carbocycles. The summed E-state index contributed by atoms with van der Waals surface area (Å²) in [5, 5.41) is 0. The van der Waals surface area contributed by atoms with Crippen LogP contribution < -0.4 is 0 Å². The maximum Gasteiger partial charge on any atom is 0.0784 e. The highest BCUT2D eigenvalue weighted by atomic mass is 31.2. The average molecular weight is 198 g/mol. The zero-order valence-electron chi connectivity index (χ0n) is 8.20. The molecule has 2 unspecified atom stereocenters. The van der Waals surface area contributed by atoms with Crippen LogP contribution in [0, 0.1) is 5.92 Å². The van der Waals surface area contributed by atoms with Crippen LogP contribution in [0.25, 0.3) is 0 Å². The average Bonchev–Trinajstić information content (AvgIpc) is 2.04. The van der Waals surface area contributed by atoms with Crippen molar-refractivity contribution in [3.63, 3.8) is 0 Å². The number of rotatable bonds is 4. The highest BCUT2D eigenvalue weighted by molar-refractivity contribution is 7.51.